The number of benzene rings is 2. The van der Waals surface area contributed by atoms with E-state index < -0.39 is 23.2 Å². The maximum atomic E-state index is 13.7. The van der Waals surface area contributed by atoms with E-state index in [1.165, 1.54) is 25.3 Å². The van der Waals surface area contributed by atoms with E-state index in [1.54, 1.807) is 0 Å². The Morgan fingerprint density at radius 3 is 2.43 bits per heavy atom. The molecule has 0 aliphatic rings. The Labute approximate surface area is 128 Å². The predicted molar refractivity (Wildman–Crippen MR) is 79.4 cm³/mol. The molecule has 110 valence electrons. The van der Waals surface area contributed by atoms with Crippen molar-refractivity contribution >= 4 is 33.2 Å². The lowest BCUT2D eigenvalue weighted by Gasteiger charge is -2.10. The Hall–Kier alpha value is -2.15. The molecule has 4 nitrogen and oxygen atoms in total. The summed E-state index contributed by atoms with van der Waals surface area (Å²) >= 11 is 2.96. The summed E-state index contributed by atoms with van der Waals surface area (Å²) in [4.78, 5) is 12.0. The van der Waals surface area contributed by atoms with Crippen LogP contribution in [0, 0.1) is 11.6 Å². The quantitative estimate of drug-likeness (QED) is 0.826. The van der Waals surface area contributed by atoms with Gasteiger partial charge in [0.05, 0.1) is 12.8 Å². The fraction of sp³-hybridized carbons (Fsp3) is 0.0714. The molecule has 0 bridgehead atoms. The summed E-state index contributed by atoms with van der Waals surface area (Å²) in [5.74, 6) is -2.12. The monoisotopic (exact) mass is 356 g/mol. The average molecular weight is 357 g/mol. The first kappa shape index (κ1) is 15.2. The number of rotatable bonds is 3. The summed E-state index contributed by atoms with van der Waals surface area (Å²) in [5.41, 5.74) is 5.65. The minimum atomic E-state index is -0.877. The molecule has 0 heterocycles. The van der Waals surface area contributed by atoms with Crippen LogP contribution in [-0.2, 0) is 0 Å². The first-order valence-electron chi connectivity index (χ1n) is 5.81. The van der Waals surface area contributed by atoms with Crippen LogP contribution in [0.1, 0.15) is 10.4 Å². The predicted octanol–water partition coefficient (Wildman–Crippen LogP) is 3.57. The Morgan fingerprint density at radius 2 is 1.86 bits per heavy atom. The standard InChI is InChI=1S/C14H11BrF2N2O2/c1-21-12-4-7(2-3-11(12)18)14(20)19-13-9(16)5-8(15)6-10(13)17/h2-6H,18H2,1H3,(H,19,20). The molecular weight excluding hydrogens is 346 g/mol. The third-order valence-corrected chi connectivity index (χ3v) is 3.20. The van der Waals surface area contributed by atoms with E-state index in [0.717, 1.165) is 12.1 Å². The molecule has 0 aliphatic carbocycles. The molecule has 0 saturated carbocycles. The fourth-order valence-electron chi connectivity index (χ4n) is 1.70. The molecule has 2 rings (SSSR count). The highest BCUT2D eigenvalue weighted by atomic mass is 79.9. The largest absolute Gasteiger partial charge is 0.495 e. The van der Waals surface area contributed by atoms with Crippen molar-refractivity contribution in [1.82, 2.24) is 0 Å². The number of nitrogens with two attached hydrogens (primary N) is 1. The zero-order valence-corrected chi connectivity index (χ0v) is 12.5. The lowest BCUT2D eigenvalue weighted by atomic mass is 10.1. The molecule has 21 heavy (non-hydrogen) atoms. The molecule has 7 heteroatoms. The third kappa shape index (κ3) is 3.30. The van der Waals surface area contributed by atoms with Gasteiger partial charge >= 0.3 is 0 Å². The second-order valence-electron chi connectivity index (χ2n) is 4.16. The summed E-state index contributed by atoms with van der Waals surface area (Å²) < 4.78 is 32.6. The molecule has 3 N–H and O–H groups in total. The van der Waals surface area contributed by atoms with Gasteiger partial charge < -0.3 is 15.8 Å². The van der Waals surface area contributed by atoms with Crippen molar-refractivity contribution in [1.29, 1.82) is 0 Å². The first-order valence-corrected chi connectivity index (χ1v) is 6.61. The Morgan fingerprint density at radius 1 is 1.24 bits per heavy atom. The molecule has 0 aliphatic heterocycles. The zero-order valence-electron chi connectivity index (χ0n) is 10.9. The highest BCUT2D eigenvalue weighted by Crippen LogP contribution is 2.26. The molecule has 0 radical (unpaired) electrons. The van der Waals surface area contributed by atoms with Gasteiger partial charge in [-0.1, -0.05) is 15.9 Å². The van der Waals surface area contributed by atoms with E-state index in [0.29, 0.717) is 11.4 Å². The molecule has 0 spiro atoms. The minimum absolute atomic E-state index is 0.169. The summed E-state index contributed by atoms with van der Waals surface area (Å²) in [6.45, 7) is 0. The zero-order chi connectivity index (χ0) is 15.6. The number of carbonyl (C=O) groups is 1. The van der Waals surface area contributed by atoms with Crippen molar-refractivity contribution in [3.63, 3.8) is 0 Å². The fourth-order valence-corrected chi connectivity index (χ4v) is 2.10. The summed E-state index contributed by atoms with van der Waals surface area (Å²) in [5, 5.41) is 2.19. The number of methoxy groups -OCH3 is 1. The van der Waals surface area contributed by atoms with Crippen LogP contribution < -0.4 is 15.8 Å². The van der Waals surface area contributed by atoms with E-state index in [-0.39, 0.29) is 10.0 Å². The van der Waals surface area contributed by atoms with Crippen LogP contribution in [0.3, 0.4) is 0 Å². The van der Waals surface area contributed by atoms with Crippen molar-refractivity contribution in [2.24, 2.45) is 0 Å². The SMILES string of the molecule is COc1cc(C(=O)Nc2c(F)cc(Br)cc2F)ccc1N. The molecular formula is C14H11BrF2N2O2. The van der Waals surface area contributed by atoms with Crippen LogP contribution in [0.4, 0.5) is 20.2 Å². The number of halogens is 3. The van der Waals surface area contributed by atoms with Gasteiger partial charge in [0.25, 0.3) is 5.91 Å². The number of amides is 1. The molecule has 0 aromatic heterocycles. The van der Waals surface area contributed by atoms with E-state index in [1.807, 2.05) is 0 Å². The Kier molecular flexibility index (Phi) is 4.42. The Bertz CT molecular complexity index is 684. The van der Waals surface area contributed by atoms with E-state index >= 15 is 0 Å². The first-order chi connectivity index (χ1) is 9.92. The number of anilines is 2. The van der Waals surface area contributed by atoms with E-state index in [2.05, 4.69) is 21.2 Å². The highest BCUT2D eigenvalue weighted by molar-refractivity contribution is 9.10. The molecule has 2 aromatic rings. The smallest absolute Gasteiger partial charge is 0.255 e. The van der Waals surface area contributed by atoms with Gasteiger partial charge in [0.2, 0.25) is 0 Å². The van der Waals surface area contributed by atoms with Gasteiger partial charge in [0.15, 0.2) is 11.6 Å². The van der Waals surface area contributed by atoms with Crippen LogP contribution in [0.5, 0.6) is 5.75 Å². The van der Waals surface area contributed by atoms with Crippen LogP contribution in [0.2, 0.25) is 0 Å². The van der Waals surface area contributed by atoms with Crippen molar-refractivity contribution in [3.05, 3.63) is 52.0 Å². The topological polar surface area (TPSA) is 64.3 Å². The third-order valence-electron chi connectivity index (χ3n) is 2.74. The number of hydrogen-bond donors (Lipinski definition) is 2. The maximum absolute atomic E-state index is 13.7. The molecule has 0 saturated heterocycles. The van der Waals surface area contributed by atoms with Crippen molar-refractivity contribution in [2.75, 3.05) is 18.2 Å². The molecule has 0 fully saturated rings. The lowest BCUT2D eigenvalue weighted by molar-refractivity contribution is 0.102. The van der Waals surface area contributed by atoms with Crippen LogP contribution in [-0.4, -0.2) is 13.0 Å². The van der Waals surface area contributed by atoms with Gasteiger partial charge in [-0.3, -0.25) is 4.79 Å². The summed E-state index contributed by atoms with van der Waals surface area (Å²) in [6, 6.07) is 6.41. The van der Waals surface area contributed by atoms with E-state index in [4.69, 9.17) is 10.5 Å². The van der Waals surface area contributed by atoms with Crippen molar-refractivity contribution in [3.8, 4) is 5.75 Å². The minimum Gasteiger partial charge on any atom is -0.495 e. The Balaban J connectivity index is 2.30. The van der Waals surface area contributed by atoms with Gasteiger partial charge in [0.1, 0.15) is 11.4 Å². The number of carbonyl (C=O) groups excluding carboxylic acids is 1. The van der Waals surface area contributed by atoms with Gasteiger partial charge in [0, 0.05) is 10.0 Å². The van der Waals surface area contributed by atoms with E-state index in [9.17, 15) is 13.6 Å². The number of hydrogen-bond acceptors (Lipinski definition) is 3. The molecule has 0 unspecified atom stereocenters. The van der Waals surface area contributed by atoms with Crippen molar-refractivity contribution in [2.45, 2.75) is 0 Å². The molecule has 0 atom stereocenters. The second kappa shape index (κ2) is 6.09. The molecule has 2 aromatic carbocycles. The number of nitrogens with one attached hydrogen (secondary N) is 1. The normalized spacial score (nSPS) is 10.3. The van der Waals surface area contributed by atoms with Gasteiger partial charge in [-0.15, -0.1) is 0 Å². The lowest BCUT2D eigenvalue weighted by Crippen LogP contribution is -2.14. The van der Waals surface area contributed by atoms with Crippen molar-refractivity contribution < 1.29 is 18.3 Å². The second-order valence-corrected chi connectivity index (χ2v) is 5.07. The highest BCUT2D eigenvalue weighted by Gasteiger charge is 2.15. The van der Waals surface area contributed by atoms with Crippen LogP contribution in [0.25, 0.3) is 0 Å². The molecule has 1 amide bonds. The summed E-state index contributed by atoms with van der Waals surface area (Å²) in [6.07, 6.45) is 0. The van der Waals surface area contributed by atoms with Gasteiger partial charge in [-0.2, -0.15) is 0 Å². The summed E-state index contributed by atoms with van der Waals surface area (Å²) in [7, 11) is 1.40. The number of nitrogen functional groups attached to an aromatic ring is 1. The van der Waals surface area contributed by atoms with Gasteiger partial charge in [-0.05, 0) is 30.3 Å². The maximum Gasteiger partial charge on any atom is 0.255 e. The van der Waals surface area contributed by atoms with Crippen LogP contribution >= 0.6 is 15.9 Å². The average Bonchev–Trinajstić information content (AvgIpc) is 2.43. The van der Waals surface area contributed by atoms with Crippen LogP contribution in [0.15, 0.2) is 34.8 Å². The van der Waals surface area contributed by atoms with Gasteiger partial charge in [-0.25, -0.2) is 8.78 Å². The number of ether oxygens (including phenoxy) is 1.